The zero-order valence-corrected chi connectivity index (χ0v) is 14.7. The quantitative estimate of drug-likeness (QED) is 0.771. The monoisotopic (exact) mass is 346 g/mol. The smallest absolute Gasteiger partial charge is 0.105 e. The molecule has 1 atom stereocenters. The van der Waals surface area contributed by atoms with Gasteiger partial charge in [-0.2, -0.15) is 0 Å². The maximum Gasteiger partial charge on any atom is 0.105 e. The first-order valence-electron chi connectivity index (χ1n) is 7.39. The average molecular weight is 347 g/mol. The predicted molar refractivity (Wildman–Crippen MR) is 92.7 cm³/mol. The maximum atomic E-state index is 10.6. The maximum absolute atomic E-state index is 10.6. The molecule has 2 aromatic rings. The summed E-state index contributed by atoms with van der Waals surface area (Å²) in [6, 6.07) is 14.4. The van der Waals surface area contributed by atoms with Gasteiger partial charge in [-0.1, -0.05) is 73.1 Å². The van der Waals surface area contributed by atoms with Crippen LogP contribution in [0.4, 0.5) is 0 Å². The minimum Gasteiger partial charge on any atom is -0.384 e. The molecule has 0 spiro atoms. The Balaban J connectivity index is 2.30. The lowest BCUT2D eigenvalue weighted by Crippen LogP contribution is -2.15. The molecule has 0 amide bonds. The summed E-state index contributed by atoms with van der Waals surface area (Å²) in [4.78, 5) is 0. The van der Waals surface area contributed by atoms with E-state index in [0.717, 1.165) is 22.0 Å². The number of aryl methyl sites for hydroxylation is 1. The van der Waals surface area contributed by atoms with Crippen LogP contribution in [-0.2, 0) is 5.41 Å². The molecular formula is C19H23BrO. The summed E-state index contributed by atoms with van der Waals surface area (Å²) >= 11 is 3.54. The highest BCUT2D eigenvalue weighted by atomic mass is 79.9. The molecule has 0 radical (unpaired) electrons. The fourth-order valence-electron chi connectivity index (χ4n) is 2.35. The van der Waals surface area contributed by atoms with E-state index in [4.69, 9.17) is 0 Å². The number of hydrogen-bond acceptors (Lipinski definition) is 1. The van der Waals surface area contributed by atoms with Crippen LogP contribution < -0.4 is 0 Å². The first-order valence-corrected chi connectivity index (χ1v) is 8.19. The number of aliphatic hydroxyl groups excluding tert-OH is 1. The molecule has 0 bridgehead atoms. The lowest BCUT2D eigenvalue weighted by molar-refractivity contribution is 0.219. The Labute approximate surface area is 136 Å². The van der Waals surface area contributed by atoms with Crippen molar-refractivity contribution in [3.63, 3.8) is 0 Å². The summed E-state index contributed by atoms with van der Waals surface area (Å²) in [5.41, 5.74) is 4.49. The number of hydrogen-bond donors (Lipinski definition) is 1. The van der Waals surface area contributed by atoms with Crippen LogP contribution in [0.5, 0.6) is 0 Å². The molecule has 0 aliphatic heterocycles. The Hall–Kier alpha value is -1.12. The van der Waals surface area contributed by atoms with Gasteiger partial charge in [-0.25, -0.2) is 0 Å². The van der Waals surface area contributed by atoms with Crippen molar-refractivity contribution in [2.24, 2.45) is 0 Å². The number of rotatable bonds is 4. The molecule has 0 aliphatic carbocycles. The number of halogens is 1. The lowest BCUT2D eigenvalue weighted by atomic mass is 9.81. The van der Waals surface area contributed by atoms with Gasteiger partial charge in [0.15, 0.2) is 0 Å². The molecule has 1 nitrogen and oxygen atoms in total. The first kappa shape index (κ1) is 16.3. The van der Waals surface area contributed by atoms with E-state index in [2.05, 4.69) is 48.8 Å². The zero-order chi connectivity index (χ0) is 15.6. The predicted octanol–water partition coefficient (Wildman–Crippen LogP) is 5.53. The summed E-state index contributed by atoms with van der Waals surface area (Å²) in [5, 5.41) is 10.6. The molecule has 21 heavy (non-hydrogen) atoms. The van der Waals surface area contributed by atoms with Gasteiger partial charge in [0.2, 0.25) is 0 Å². The van der Waals surface area contributed by atoms with Crippen molar-refractivity contribution in [1.82, 2.24) is 0 Å². The molecule has 2 heteroatoms. The molecule has 0 heterocycles. The second-order valence-corrected chi connectivity index (χ2v) is 7.14. The van der Waals surface area contributed by atoms with Crippen LogP contribution in [0.3, 0.4) is 0 Å². The van der Waals surface area contributed by atoms with E-state index in [0.29, 0.717) is 0 Å². The zero-order valence-electron chi connectivity index (χ0n) is 13.2. The second kappa shape index (κ2) is 6.33. The van der Waals surface area contributed by atoms with Gasteiger partial charge in [0.1, 0.15) is 6.10 Å². The van der Waals surface area contributed by atoms with Crippen LogP contribution in [0.2, 0.25) is 0 Å². The third kappa shape index (κ3) is 3.56. The van der Waals surface area contributed by atoms with Crippen LogP contribution in [-0.4, -0.2) is 5.11 Å². The van der Waals surface area contributed by atoms with Crippen molar-refractivity contribution >= 4 is 15.9 Å². The van der Waals surface area contributed by atoms with E-state index >= 15 is 0 Å². The molecule has 2 rings (SSSR count). The van der Waals surface area contributed by atoms with Gasteiger partial charge in [0.25, 0.3) is 0 Å². The highest BCUT2D eigenvalue weighted by Crippen LogP contribution is 2.32. The fraction of sp³-hybridized carbons (Fsp3) is 0.368. The number of aliphatic hydroxyl groups is 1. The van der Waals surface area contributed by atoms with Crippen molar-refractivity contribution in [3.05, 3.63) is 69.2 Å². The molecule has 112 valence electrons. The molecule has 0 aromatic heterocycles. The Morgan fingerprint density at radius 2 is 1.71 bits per heavy atom. The topological polar surface area (TPSA) is 20.2 Å². The minimum atomic E-state index is -0.598. The van der Waals surface area contributed by atoms with Gasteiger partial charge in [-0.05, 0) is 47.1 Å². The standard InChI is InChI=1S/C19H23BrO/c1-5-19(3,4)15-9-7-14(8-10-15)18(21)16-11-6-13(2)12-17(16)20/h6-12,18,21H,5H2,1-4H3. The second-order valence-electron chi connectivity index (χ2n) is 6.29. The SMILES string of the molecule is CCC(C)(C)c1ccc(C(O)c2ccc(C)cc2Br)cc1. The van der Waals surface area contributed by atoms with Gasteiger partial charge < -0.3 is 5.11 Å². The molecule has 1 unspecified atom stereocenters. The van der Waals surface area contributed by atoms with E-state index in [-0.39, 0.29) is 5.41 Å². The summed E-state index contributed by atoms with van der Waals surface area (Å²) in [5.74, 6) is 0. The van der Waals surface area contributed by atoms with Crippen LogP contribution in [0.1, 0.15) is 55.5 Å². The fourth-order valence-corrected chi connectivity index (χ4v) is 3.06. The molecule has 0 saturated carbocycles. The van der Waals surface area contributed by atoms with Crippen LogP contribution >= 0.6 is 15.9 Å². The Morgan fingerprint density at radius 3 is 2.24 bits per heavy atom. The van der Waals surface area contributed by atoms with Crippen molar-refractivity contribution in [3.8, 4) is 0 Å². The van der Waals surface area contributed by atoms with E-state index < -0.39 is 6.10 Å². The third-order valence-electron chi connectivity index (χ3n) is 4.34. The van der Waals surface area contributed by atoms with Gasteiger partial charge in [-0.3, -0.25) is 0 Å². The van der Waals surface area contributed by atoms with E-state index in [1.54, 1.807) is 0 Å². The summed E-state index contributed by atoms with van der Waals surface area (Å²) in [6.07, 6.45) is 0.497. The lowest BCUT2D eigenvalue weighted by Gasteiger charge is -2.24. The average Bonchev–Trinajstić information content (AvgIpc) is 2.47. The molecule has 0 fully saturated rings. The van der Waals surface area contributed by atoms with Crippen molar-refractivity contribution in [2.45, 2.75) is 45.6 Å². The molecule has 0 saturated heterocycles. The molecular weight excluding hydrogens is 324 g/mol. The van der Waals surface area contributed by atoms with Crippen LogP contribution in [0, 0.1) is 6.92 Å². The highest BCUT2D eigenvalue weighted by Gasteiger charge is 2.19. The normalized spacial score (nSPS) is 13.2. The number of benzene rings is 2. The summed E-state index contributed by atoms with van der Waals surface area (Å²) < 4.78 is 0.952. The van der Waals surface area contributed by atoms with Crippen molar-refractivity contribution in [1.29, 1.82) is 0 Å². The third-order valence-corrected chi connectivity index (χ3v) is 5.03. The van der Waals surface area contributed by atoms with Crippen molar-refractivity contribution < 1.29 is 5.11 Å². The Kier molecular flexibility index (Phi) is 4.90. The van der Waals surface area contributed by atoms with E-state index in [1.165, 1.54) is 11.1 Å². The van der Waals surface area contributed by atoms with Gasteiger partial charge in [0.05, 0.1) is 0 Å². The van der Waals surface area contributed by atoms with E-state index in [1.807, 2.05) is 37.3 Å². The van der Waals surface area contributed by atoms with Crippen LogP contribution in [0.25, 0.3) is 0 Å². The highest BCUT2D eigenvalue weighted by molar-refractivity contribution is 9.10. The van der Waals surface area contributed by atoms with Gasteiger partial charge >= 0.3 is 0 Å². The first-order chi connectivity index (χ1) is 9.85. The van der Waals surface area contributed by atoms with Crippen LogP contribution in [0.15, 0.2) is 46.9 Å². The van der Waals surface area contributed by atoms with Gasteiger partial charge in [-0.15, -0.1) is 0 Å². The molecule has 1 N–H and O–H groups in total. The van der Waals surface area contributed by atoms with Gasteiger partial charge in [0, 0.05) is 4.47 Å². The van der Waals surface area contributed by atoms with Crippen molar-refractivity contribution in [2.75, 3.05) is 0 Å². The minimum absolute atomic E-state index is 0.175. The summed E-state index contributed by atoms with van der Waals surface area (Å²) in [6.45, 7) is 8.73. The molecule has 0 aliphatic rings. The Bertz CT molecular complexity index is 614. The summed E-state index contributed by atoms with van der Waals surface area (Å²) in [7, 11) is 0. The molecule has 2 aromatic carbocycles. The Morgan fingerprint density at radius 1 is 1.10 bits per heavy atom. The largest absolute Gasteiger partial charge is 0.384 e. The van der Waals surface area contributed by atoms with E-state index in [9.17, 15) is 5.11 Å².